The fraction of sp³-hybridized carbons (Fsp3) is 0.699. The van der Waals surface area contributed by atoms with E-state index >= 15 is 0 Å². The average Bonchev–Trinajstić information content (AvgIpc) is 1.39. The Morgan fingerprint density at radius 2 is 0.958 bits per heavy atom. The van der Waals surface area contributed by atoms with E-state index < -0.39 is 105 Å². The lowest BCUT2D eigenvalue weighted by atomic mass is 9.79. The Balaban J connectivity index is -0.00000137. The second-order valence-corrected chi connectivity index (χ2v) is 32.4. The molecule has 0 saturated heterocycles. The van der Waals surface area contributed by atoms with Crippen molar-refractivity contribution in [3.05, 3.63) is 55.4 Å². The molecule has 0 aliphatic heterocycles. The van der Waals surface area contributed by atoms with E-state index in [1.54, 1.807) is 53.1 Å². The molecule has 2 aliphatic rings. The first-order valence-electron chi connectivity index (χ1n) is 39.9. The summed E-state index contributed by atoms with van der Waals surface area (Å²) < 4.78 is 55.3. The van der Waals surface area contributed by atoms with Crippen molar-refractivity contribution < 1.29 is 129 Å². The van der Waals surface area contributed by atoms with Gasteiger partial charge in [0.25, 0.3) is 0 Å². The van der Waals surface area contributed by atoms with Gasteiger partial charge in [-0.15, -0.1) is 11.3 Å². The van der Waals surface area contributed by atoms with Gasteiger partial charge in [-0.1, -0.05) is 81.5 Å². The van der Waals surface area contributed by atoms with Crippen LogP contribution in [-0.4, -0.2) is 212 Å². The lowest BCUT2D eigenvalue weighted by Gasteiger charge is -2.34. The zero-order valence-corrected chi connectivity index (χ0v) is 74.3. The van der Waals surface area contributed by atoms with Crippen molar-refractivity contribution in [3.63, 3.8) is 0 Å². The number of urea groups is 2. The number of aliphatic hydroxyl groups excluding tert-OH is 1. The summed E-state index contributed by atoms with van der Waals surface area (Å²) in [6.07, 6.45) is 11.2. The van der Waals surface area contributed by atoms with Gasteiger partial charge >= 0.3 is 83.8 Å². The number of thiazole rings is 1. The third-order valence-corrected chi connectivity index (χ3v) is 20.0. The van der Waals surface area contributed by atoms with Crippen LogP contribution in [-0.2, 0) is 105 Å². The minimum atomic E-state index is -0.949. The normalized spacial score (nSPS) is 15.7. The van der Waals surface area contributed by atoms with Crippen LogP contribution in [0.15, 0.2) is 55.4 Å². The third kappa shape index (κ3) is 48.9. The predicted octanol–water partition coefficient (Wildman–Crippen LogP) is 12.3. The van der Waals surface area contributed by atoms with E-state index in [1.165, 1.54) is 17.7 Å². The number of esters is 10. The highest BCUT2D eigenvalue weighted by atomic mass is 32.1. The summed E-state index contributed by atoms with van der Waals surface area (Å²) in [6.45, 7) is 47.8. The van der Waals surface area contributed by atoms with Gasteiger partial charge in [0.1, 0.15) is 71.4 Å². The van der Waals surface area contributed by atoms with Crippen molar-refractivity contribution in [2.45, 2.75) is 248 Å². The molecule has 5 amide bonds. The van der Waals surface area contributed by atoms with Crippen molar-refractivity contribution >= 4 is 106 Å². The molecule has 2 aliphatic carbocycles. The van der Waals surface area contributed by atoms with E-state index in [9.17, 15) is 77.3 Å². The number of alkyl carbamates (subject to hydrolysis) is 1. The molecule has 2 heterocycles. The van der Waals surface area contributed by atoms with Crippen LogP contribution in [0.3, 0.4) is 0 Å². The quantitative estimate of drug-likeness (QED) is 0.0133. The van der Waals surface area contributed by atoms with Gasteiger partial charge in [0, 0.05) is 29.3 Å². The number of anilines is 2. The summed E-state index contributed by atoms with van der Waals surface area (Å²) in [5.41, 5.74) is -2.78. The molecule has 0 spiro atoms. The van der Waals surface area contributed by atoms with Crippen LogP contribution in [0.25, 0.3) is 0 Å². The summed E-state index contributed by atoms with van der Waals surface area (Å²) in [5, 5.41) is 40.2. The first kappa shape index (κ1) is 114. The highest BCUT2D eigenvalue weighted by molar-refractivity contribution is 7.13. The topological polar surface area (TPSA) is 496 Å². The van der Waals surface area contributed by atoms with Crippen molar-refractivity contribution in [3.8, 4) is 0 Å². The van der Waals surface area contributed by atoms with E-state index in [1.807, 2.05) is 96.9 Å². The summed E-state index contributed by atoms with van der Waals surface area (Å²) in [5.74, 6) is -5.60. The fourth-order valence-electron chi connectivity index (χ4n) is 8.65. The predicted molar refractivity (Wildman–Crippen MR) is 448 cm³/mol. The fourth-order valence-corrected chi connectivity index (χ4v) is 9.17. The van der Waals surface area contributed by atoms with E-state index in [0.717, 1.165) is 31.4 Å². The Hall–Kier alpha value is -10.1. The van der Waals surface area contributed by atoms with E-state index in [2.05, 4.69) is 71.2 Å². The second-order valence-electron chi connectivity index (χ2n) is 31.5. The Kier molecular flexibility index (Phi) is 56.6. The van der Waals surface area contributed by atoms with Crippen LogP contribution in [0.2, 0.25) is 0 Å². The van der Waals surface area contributed by atoms with Gasteiger partial charge in [0.15, 0.2) is 5.13 Å². The van der Waals surface area contributed by atoms with Crippen molar-refractivity contribution in [2.75, 3.05) is 89.7 Å². The van der Waals surface area contributed by atoms with Crippen molar-refractivity contribution in [2.24, 2.45) is 50.2 Å². The number of carbonyl (C=O) groups excluding carboxylic acids is 13. The number of nitrogens with zero attached hydrogens (tertiary/aromatic N) is 3. The SMILES string of the molecule is C.C=C(C)C(=O)OCCOC(=O)C(C)(C)CC.C=CC(=O)OCC1CCC(OC(=O)C(C)(C)CC)C(O)C1.C=CC(=O)OCCNC(=O)OCCOC(=O)C(C)(C)CC.CCC(C)(C)C(=O)OCC(C)OC(=O)C1CCCCC1C(=O)O.CCC(C)(C)C(=O)OCCNC(=O)Nc1nccs1.CCC(C)(C)C(=O)OCCNC(=O)Nc1ncn[nH]1. The molecule has 36 nitrogen and oxygen atoms in total. The summed E-state index contributed by atoms with van der Waals surface area (Å²) >= 11 is 1.33. The minimum Gasteiger partial charge on any atom is -0.481 e. The molecule has 0 aromatic carbocycles. The molecule has 2 saturated carbocycles. The lowest BCUT2D eigenvalue weighted by molar-refractivity contribution is -0.170. The zero-order chi connectivity index (χ0) is 91.3. The van der Waals surface area contributed by atoms with Gasteiger partial charge in [0.2, 0.25) is 5.95 Å². The van der Waals surface area contributed by atoms with Crippen LogP contribution in [0.5, 0.6) is 0 Å². The monoisotopic (exact) mass is 1730 g/mol. The minimum absolute atomic E-state index is 0. The number of nitrogens with one attached hydrogen (secondary N) is 6. The summed E-state index contributed by atoms with van der Waals surface area (Å²) in [6, 6.07) is -0.802. The van der Waals surface area contributed by atoms with Crippen LogP contribution in [0.4, 0.5) is 25.5 Å². The number of amides is 5. The molecule has 2 fully saturated rings. The van der Waals surface area contributed by atoms with Gasteiger partial charge in [-0.3, -0.25) is 49.0 Å². The van der Waals surface area contributed by atoms with Crippen LogP contribution in [0, 0.1) is 50.2 Å². The highest BCUT2D eigenvalue weighted by Crippen LogP contribution is 2.33. The first-order chi connectivity index (χ1) is 55.5. The number of carboxylic acids is 1. The Morgan fingerprint density at radius 3 is 1.38 bits per heavy atom. The molecule has 684 valence electrons. The Bertz CT molecular complexity index is 3410. The number of carbonyl (C=O) groups is 14. The summed E-state index contributed by atoms with van der Waals surface area (Å²) in [4.78, 5) is 168. The third-order valence-electron chi connectivity index (χ3n) is 19.3. The lowest BCUT2D eigenvalue weighted by Crippen LogP contribution is -2.41. The van der Waals surface area contributed by atoms with E-state index in [4.69, 9.17) is 47.4 Å². The number of hydrogen-bond acceptors (Lipinski definition) is 30. The van der Waals surface area contributed by atoms with Crippen LogP contribution < -0.4 is 26.6 Å². The van der Waals surface area contributed by atoms with Crippen LogP contribution in [0.1, 0.15) is 229 Å². The molecule has 120 heavy (non-hydrogen) atoms. The van der Waals surface area contributed by atoms with Gasteiger partial charge in [0.05, 0.1) is 76.7 Å². The average molecular weight is 1730 g/mol. The molecule has 8 N–H and O–H groups in total. The second kappa shape index (κ2) is 59.6. The van der Waals surface area contributed by atoms with Gasteiger partial charge in [-0.25, -0.2) is 38.8 Å². The molecule has 0 radical (unpaired) electrons. The van der Waals surface area contributed by atoms with E-state index in [-0.39, 0.29) is 140 Å². The van der Waals surface area contributed by atoms with Gasteiger partial charge in [-0.05, 0) is 173 Å². The molecule has 2 aromatic heterocycles. The standard InChI is InChI=1S/C17H28O6.C16H26O5.C14H23NO6.C12H19N3O3S.C12H20O4.C11H19N5O3.CH4/c1-5-17(3,4)16(21)22-10-11(2)23-15(20)13-9-7-6-8-12(13)14(18)19;1-5-14(18)20-10-11-7-8-13(12(17)9-11)21-15(19)16(3,4)6-2;1-5-11(16)19-8-7-15-13(18)21-10-9-20-12(17)14(3,4)6-2;1-4-12(2,3)9(16)18-7-5-13-10(17)15-11-14-6-8-19-11;1-6-12(4,5)11(14)16-8-7-15-10(13)9(2)3;1-4-11(2,3)8(17)19-6-5-12-10(18)15-9-13-7-14-16-9;/h11-13H,5-10H2,1-4H3,(H,18,19);5,11-13,17H,1,6-10H2,2-4H3;5H,1,6-10H2,2-4H3,(H,15,18);6,8H,4-5,7H2,1-3H3,(H2,13,14,15,17);2,6-8H2,1,3-5H3;7H,4-6H2,1-3H3,(H3,12,13,14,15,16,18);1H4. The Labute approximate surface area is 711 Å². The highest BCUT2D eigenvalue weighted by Gasteiger charge is 2.39. The number of hydrogen-bond donors (Lipinski definition) is 8. The number of aromatic amines is 1. The number of aromatic nitrogens is 4. The molecular formula is C83H139N9O27S. The molecule has 2 aromatic rings. The smallest absolute Gasteiger partial charge is 0.407 e. The molecule has 6 atom stereocenters. The molecule has 37 heteroatoms. The van der Waals surface area contributed by atoms with Crippen molar-refractivity contribution in [1.29, 1.82) is 0 Å². The summed E-state index contributed by atoms with van der Waals surface area (Å²) in [7, 11) is 0. The maximum atomic E-state index is 12.2. The van der Waals surface area contributed by atoms with Gasteiger partial charge in [-0.2, -0.15) is 10.1 Å². The van der Waals surface area contributed by atoms with Gasteiger partial charge < -0.3 is 78.3 Å². The molecule has 4 rings (SSSR count). The molecular weight excluding hydrogens is 1590 g/mol. The largest absolute Gasteiger partial charge is 0.481 e. The number of aliphatic hydroxyl groups is 1. The van der Waals surface area contributed by atoms with Crippen LogP contribution >= 0.6 is 11.3 Å². The number of ether oxygens (including phenoxy) is 11. The first-order valence-corrected chi connectivity index (χ1v) is 40.8. The number of rotatable bonds is 40. The molecule has 0 bridgehead atoms. The number of carboxylic acid groups (broad SMARTS) is 1. The maximum Gasteiger partial charge on any atom is 0.407 e. The Morgan fingerprint density at radius 1 is 0.542 bits per heavy atom. The van der Waals surface area contributed by atoms with Crippen molar-refractivity contribution in [1.82, 2.24) is 36.1 Å². The maximum absolute atomic E-state index is 12.2. The zero-order valence-electron chi connectivity index (χ0n) is 73.5. The number of aliphatic carboxylic acids is 1. The number of H-pyrrole nitrogens is 1. The van der Waals surface area contributed by atoms with E-state index in [0.29, 0.717) is 74.9 Å². The molecule has 6 unspecified atom stereocenters.